The number of aliphatic carboxylic acids is 1. The predicted octanol–water partition coefficient (Wildman–Crippen LogP) is 0.746. The molecular weight excluding hydrogens is 232 g/mol. The Morgan fingerprint density at radius 3 is 2.44 bits per heavy atom. The largest absolute Gasteiger partial charge is 0.481 e. The number of amides is 1. The van der Waals surface area contributed by atoms with Crippen molar-refractivity contribution in [3.8, 4) is 0 Å². The maximum Gasteiger partial charge on any atom is 0.306 e. The lowest BCUT2D eigenvalue weighted by atomic mass is 9.84. The van der Waals surface area contributed by atoms with Gasteiger partial charge in [-0.3, -0.25) is 9.59 Å². The monoisotopic (exact) mass is 254 g/mol. The minimum absolute atomic E-state index is 0.117. The molecule has 0 aromatic carbocycles. The number of carbonyl (C=O) groups is 2. The zero-order valence-corrected chi connectivity index (χ0v) is 10.9. The highest BCUT2D eigenvalue weighted by Gasteiger charge is 2.37. The highest BCUT2D eigenvalue weighted by Crippen LogP contribution is 2.28. The van der Waals surface area contributed by atoms with E-state index in [1.807, 2.05) is 6.92 Å². The highest BCUT2D eigenvalue weighted by atomic mass is 16.4. The van der Waals surface area contributed by atoms with Gasteiger partial charge in [0.2, 0.25) is 5.91 Å². The topological polar surface area (TPSA) is 78.4 Å². The van der Waals surface area contributed by atoms with E-state index in [4.69, 9.17) is 5.11 Å². The standard InChI is InChI=1S/C13H22N2O3/c1-13(6-7-14-8-13)12(18)15-10-4-2-9(3-5-10)11(16)17/h9-10,14H,2-8H2,1H3,(H,15,18)(H,16,17). The van der Waals surface area contributed by atoms with Gasteiger partial charge in [-0.1, -0.05) is 0 Å². The Labute approximate surface area is 107 Å². The van der Waals surface area contributed by atoms with E-state index in [9.17, 15) is 9.59 Å². The lowest BCUT2D eigenvalue weighted by Crippen LogP contribution is -2.46. The van der Waals surface area contributed by atoms with Crippen LogP contribution in [0.2, 0.25) is 0 Å². The molecule has 0 radical (unpaired) electrons. The van der Waals surface area contributed by atoms with Crippen LogP contribution in [0.15, 0.2) is 0 Å². The average Bonchev–Trinajstić information content (AvgIpc) is 2.78. The lowest BCUT2D eigenvalue weighted by Gasteiger charge is -2.30. The van der Waals surface area contributed by atoms with Crippen LogP contribution in [0.1, 0.15) is 39.0 Å². The number of rotatable bonds is 3. The van der Waals surface area contributed by atoms with Crippen molar-refractivity contribution in [3.05, 3.63) is 0 Å². The van der Waals surface area contributed by atoms with Gasteiger partial charge in [0, 0.05) is 12.6 Å². The Balaban J connectivity index is 1.81. The molecule has 3 N–H and O–H groups in total. The number of carboxylic acid groups (broad SMARTS) is 1. The van der Waals surface area contributed by atoms with E-state index < -0.39 is 5.97 Å². The molecule has 1 aliphatic heterocycles. The van der Waals surface area contributed by atoms with Gasteiger partial charge < -0.3 is 15.7 Å². The minimum Gasteiger partial charge on any atom is -0.481 e. The van der Waals surface area contributed by atoms with E-state index in [0.717, 1.165) is 32.4 Å². The molecule has 5 heteroatoms. The summed E-state index contributed by atoms with van der Waals surface area (Å²) >= 11 is 0. The van der Waals surface area contributed by atoms with Crippen LogP contribution >= 0.6 is 0 Å². The van der Waals surface area contributed by atoms with Crippen LogP contribution in [-0.2, 0) is 9.59 Å². The third kappa shape index (κ3) is 2.83. The fourth-order valence-electron chi connectivity index (χ4n) is 2.86. The van der Waals surface area contributed by atoms with Crippen molar-refractivity contribution < 1.29 is 14.7 Å². The molecule has 2 fully saturated rings. The average molecular weight is 254 g/mol. The summed E-state index contributed by atoms with van der Waals surface area (Å²) in [6.45, 7) is 3.63. The van der Waals surface area contributed by atoms with E-state index >= 15 is 0 Å². The SMILES string of the molecule is CC1(C(=O)NC2CCC(C(=O)O)CC2)CCNC1. The molecule has 0 bridgehead atoms. The fourth-order valence-corrected chi connectivity index (χ4v) is 2.86. The van der Waals surface area contributed by atoms with Gasteiger partial charge in [0.25, 0.3) is 0 Å². The molecule has 1 aliphatic carbocycles. The van der Waals surface area contributed by atoms with Crippen molar-refractivity contribution in [1.29, 1.82) is 0 Å². The first-order valence-electron chi connectivity index (χ1n) is 6.76. The summed E-state index contributed by atoms with van der Waals surface area (Å²) in [6.07, 6.45) is 3.80. The second-order valence-electron chi connectivity index (χ2n) is 5.85. The molecule has 1 amide bonds. The second-order valence-corrected chi connectivity index (χ2v) is 5.85. The van der Waals surface area contributed by atoms with Gasteiger partial charge in [-0.25, -0.2) is 0 Å². The van der Waals surface area contributed by atoms with Gasteiger partial charge in [-0.15, -0.1) is 0 Å². The summed E-state index contributed by atoms with van der Waals surface area (Å²) < 4.78 is 0. The summed E-state index contributed by atoms with van der Waals surface area (Å²) in [5.41, 5.74) is -0.288. The van der Waals surface area contributed by atoms with Gasteiger partial charge in [-0.05, 0) is 45.6 Å². The van der Waals surface area contributed by atoms with Crippen molar-refractivity contribution >= 4 is 11.9 Å². The third-order valence-electron chi connectivity index (χ3n) is 4.33. The quantitative estimate of drug-likeness (QED) is 0.694. The van der Waals surface area contributed by atoms with E-state index in [0.29, 0.717) is 12.8 Å². The number of hydrogen-bond acceptors (Lipinski definition) is 3. The molecule has 1 heterocycles. The van der Waals surface area contributed by atoms with Gasteiger partial charge in [0.15, 0.2) is 0 Å². The van der Waals surface area contributed by atoms with Gasteiger partial charge in [0.05, 0.1) is 11.3 Å². The molecule has 5 nitrogen and oxygen atoms in total. The maximum absolute atomic E-state index is 12.2. The van der Waals surface area contributed by atoms with Crippen molar-refractivity contribution in [3.63, 3.8) is 0 Å². The zero-order valence-electron chi connectivity index (χ0n) is 10.9. The molecule has 2 aliphatic rings. The summed E-state index contributed by atoms with van der Waals surface area (Å²) in [4.78, 5) is 23.0. The van der Waals surface area contributed by atoms with Crippen LogP contribution in [0.4, 0.5) is 0 Å². The lowest BCUT2D eigenvalue weighted by molar-refractivity contribution is -0.142. The molecule has 18 heavy (non-hydrogen) atoms. The molecule has 0 aromatic heterocycles. The molecule has 1 saturated carbocycles. The first-order chi connectivity index (χ1) is 8.51. The van der Waals surface area contributed by atoms with Gasteiger partial charge in [0.1, 0.15) is 0 Å². The first kappa shape index (κ1) is 13.3. The molecule has 0 spiro atoms. The number of nitrogens with one attached hydrogen (secondary N) is 2. The molecule has 1 unspecified atom stereocenters. The number of hydrogen-bond donors (Lipinski definition) is 3. The minimum atomic E-state index is -0.702. The summed E-state index contributed by atoms with van der Waals surface area (Å²) in [5.74, 6) is -0.806. The zero-order chi connectivity index (χ0) is 13.2. The molecule has 0 aromatic rings. The van der Waals surface area contributed by atoms with Crippen LogP contribution in [0.3, 0.4) is 0 Å². The van der Waals surface area contributed by atoms with Crippen LogP contribution in [0.5, 0.6) is 0 Å². The Kier molecular flexibility index (Phi) is 3.90. The Hall–Kier alpha value is -1.10. The maximum atomic E-state index is 12.2. The molecule has 1 atom stereocenters. The van der Waals surface area contributed by atoms with Crippen molar-refractivity contribution in [1.82, 2.24) is 10.6 Å². The smallest absolute Gasteiger partial charge is 0.306 e. The second kappa shape index (κ2) is 5.26. The summed E-state index contributed by atoms with van der Waals surface area (Å²) in [7, 11) is 0. The molecule has 1 saturated heterocycles. The number of carbonyl (C=O) groups excluding carboxylic acids is 1. The third-order valence-corrected chi connectivity index (χ3v) is 4.33. The molecular formula is C13H22N2O3. The predicted molar refractivity (Wildman–Crippen MR) is 67.1 cm³/mol. The van der Waals surface area contributed by atoms with E-state index in [-0.39, 0.29) is 23.3 Å². The summed E-state index contributed by atoms with van der Waals surface area (Å²) in [6, 6.07) is 0.158. The van der Waals surface area contributed by atoms with E-state index in [1.165, 1.54) is 0 Å². The Bertz CT molecular complexity index is 329. The molecule has 2 rings (SSSR count). The fraction of sp³-hybridized carbons (Fsp3) is 0.846. The number of carboxylic acids is 1. The first-order valence-corrected chi connectivity index (χ1v) is 6.76. The van der Waals surface area contributed by atoms with Crippen LogP contribution in [0.25, 0.3) is 0 Å². The van der Waals surface area contributed by atoms with E-state index in [2.05, 4.69) is 10.6 Å². The van der Waals surface area contributed by atoms with E-state index in [1.54, 1.807) is 0 Å². The van der Waals surface area contributed by atoms with Crippen molar-refractivity contribution in [2.24, 2.45) is 11.3 Å². The van der Waals surface area contributed by atoms with Crippen molar-refractivity contribution in [2.45, 2.75) is 45.1 Å². The van der Waals surface area contributed by atoms with Crippen molar-refractivity contribution in [2.75, 3.05) is 13.1 Å². The summed E-state index contributed by atoms with van der Waals surface area (Å²) in [5, 5.41) is 15.2. The normalized spacial score (nSPS) is 36.3. The Morgan fingerprint density at radius 1 is 1.28 bits per heavy atom. The molecule has 102 valence electrons. The van der Waals surface area contributed by atoms with Gasteiger partial charge >= 0.3 is 5.97 Å². The highest BCUT2D eigenvalue weighted by molar-refractivity contribution is 5.83. The Morgan fingerprint density at radius 2 is 1.94 bits per heavy atom. The van der Waals surface area contributed by atoms with Gasteiger partial charge in [-0.2, -0.15) is 0 Å². The van der Waals surface area contributed by atoms with Crippen LogP contribution < -0.4 is 10.6 Å². The van der Waals surface area contributed by atoms with Crippen LogP contribution in [0, 0.1) is 11.3 Å². The van der Waals surface area contributed by atoms with Crippen LogP contribution in [-0.4, -0.2) is 36.1 Å².